The van der Waals surface area contributed by atoms with E-state index in [-0.39, 0.29) is 5.69 Å². The highest BCUT2D eigenvalue weighted by molar-refractivity contribution is 5.96. The van der Waals surface area contributed by atoms with Gasteiger partial charge >= 0.3 is 6.03 Å². The molecule has 2 aromatic rings. The molecule has 0 aliphatic carbocycles. The Bertz CT molecular complexity index is 867. The van der Waals surface area contributed by atoms with E-state index in [0.717, 1.165) is 0 Å². The number of benzene rings is 1. The van der Waals surface area contributed by atoms with Gasteiger partial charge in [0.15, 0.2) is 17.5 Å². The third-order valence-electron chi connectivity index (χ3n) is 4.39. The van der Waals surface area contributed by atoms with Crippen LogP contribution in [0.4, 0.5) is 29.6 Å². The van der Waals surface area contributed by atoms with Crippen molar-refractivity contribution in [1.29, 1.82) is 0 Å². The highest BCUT2D eigenvalue weighted by atomic mass is 19.2. The summed E-state index contributed by atoms with van der Waals surface area (Å²) in [5, 5.41) is 4.77. The van der Waals surface area contributed by atoms with E-state index in [4.69, 9.17) is 0 Å². The highest BCUT2D eigenvalue weighted by Gasteiger charge is 2.25. The zero-order valence-electron chi connectivity index (χ0n) is 15.5. The van der Waals surface area contributed by atoms with E-state index in [2.05, 4.69) is 20.6 Å². The number of nitrogens with one attached hydrogen (secondary N) is 2. The highest BCUT2D eigenvalue weighted by Crippen LogP contribution is 2.17. The van der Waals surface area contributed by atoms with Crippen LogP contribution in [0.2, 0.25) is 0 Å². The second-order valence-electron chi connectivity index (χ2n) is 6.44. The number of rotatable bonds is 4. The predicted molar refractivity (Wildman–Crippen MR) is 98.8 cm³/mol. The molecule has 0 spiro atoms. The number of hydrogen-bond acceptors (Lipinski definition) is 5. The number of halogens is 3. The van der Waals surface area contributed by atoms with Crippen molar-refractivity contribution >= 4 is 23.6 Å². The lowest BCUT2D eigenvalue weighted by Gasteiger charge is -2.35. The minimum atomic E-state index is -1.62. The summed E-state index contributed by atoms with van der Waals surface area (Å²) in [6.45, 7) is 3.31. The van der Waals surface area contributed by atoms with Crippen molar-refractivity contribution in [3.63, 3.8) is 0 Å². The molecule has 154 valence electrons. The third-order valence-corrected chi connectivity index (χ3v) is 4.39. The lowest BCUT2D eigenvalue weighted by molar-refractivity contribution is -0.117. The first kappa shape index (κ1) is 20.4. The quantitative estimate of drug-likeness (QED) is 0.753. The molecule has 1 aromatic carbocycles. The second-order valence-corrected chi connectivity index (χ2v) is 6.44. The third kappa shape index (κ3) is 4.92. The molecular weight excluding hydrogens is 389 g/mol. The number of hydrogen-bond donors (Lipinski definition) is 2. The van der Waals surface area contributed by atoms with Gasteiger partial charge in [0.05, 0.1) is 0 Å². The Labute approximate surface area is 164 Å². The summed E-state index contributed by atoms with van der Waals surface area (Å²) in [4.78, 5) is 36.4. The number of carbonyl (C=O) groups excluding carboxylic acids is 2. The maximum absolute atomic E-state index is 13.2. The van der Waals surface area contributed by atoms with Gasteiger partial charge in [-0.3, -0.25) is 4.79 Å². The molecule has 0 radical (unpaired) electrons. The van der Waals surface area contributed by atoms with Crippen LogP contribution >= 0.6 is 0 Å². The Morgan fingerprint density at radius 3 is 2.21 bits per heavy atom. The van der Waals surface area contributed by atoms with E-state index < -0.39 is 35.4 Å². The molecule has 1 aromatic heterocycles. The van der Waals surface area contributed by atoms with Crippen molar-refractivity contribution in [2.45, 2.75) is 13.0 Å². The molecule has 3 amide bonds. The fourth-order valence-electron chi connectivity index (χ4n) is 2.78. The standard InChI is InChI=1S/C18H19F3N6O2/c1-11(16(28)25-12-9-13(19)15(21)14(20)10-12)24-18(29)27-7-5-26(6-8-27)17-22-3-2-4-23-17/h2-4,9-11H,5-8H2,1H3,(H,24,29)(H,25,28). The number of anilines is 2. The number of carbonyl (C=O) groups is 2. The van der Waals surface area contributed by atoms with Crippen LogP contribution in [0.5, 0.6) is 0 Å². The monoisotopic (exact) mass is 408 g/mol. The van der Waals surface area contributed by atoms with Crippen molar-refractivity contribution in [2.24, 2.45) is 0 Å². The Kier molecular flexibility index (Phi) is 6.15. The van der Waals surface area contributed by atoms with Crippen molar-refractivity contribution in [3.05, 3.63) is 48.0 Å². The molecule has 1 fully saturated rings. The minimum absolute atomic E-state index is 0.246. The van der Waals surface area contributed by atoms with Gasteiger partial charge < -0.3 is 20.4 Å². The maximum atomic E-state index is 13.2. The van der Waals surface area contributed by atoms with Crippen LogP contribution < -0.4 is 15.5 Å². The van der Waals surface area contributed by atoms with Crippen LogP contribution in [-0.4, -0.2) is 59.0 Å². The van der Waals surface area contributed by atoms with Crippen LogP contribution in [0.3, 0.4) is 0 Å². The lowest BCUT2D eigenvalue weighted by atomic mass is 10.2. The first-order valence-corrected chi connectivity index (χ1v) is 8.88. The van der Waals surface area contributed by atoms with Gasteiger partial charge in [-0.2, -0.15) is 0 Å². The van der Waals surface area contributed by atoms with E-state index in [1.165, 1.54) is 6.92 Å². The van der Waals surface area contributed by atoms with Gasteiger partial charge in [0.25, 0.3) is 0 Å². The summed E-state index contributed by atoms with van der Waals surface area (Å²) in [6, 6.07) is 1.62. The van der Waals surface area contributed by atoms with E-state index in [1.54, 1.807) is 23.4 Å². The summed E-state index contributed by atoms with van der Waals surface area (Å²) in [6.07, 6.45) is 3.28. The van der Waals surface area contributed by atoms with Gasteiger partial charge in [-0.1, -0.05) is 0 Å². The molecule has 2 N–H and O–H groups in total. The number of aromatic nitrogens is 2. The largest absolute Gasteiger partial charge is 0.337 e. The number of nitrogens with zero attached hydrogens (tertiary/aromatic N) is 4. The van der Waals surface area contributed by atoms with E-state index in [1.807, 2.05) is 4.90 Å². The second kappa shape index (κ2) is 8.76. The Morgan fingerprint density at radius 1 is 1.03 bits per heavy atom. The van der Waals surface area contributed by atoms with Gasteiger partial charge in [0.1, 0.15) is 6.04 Å². The van der Waals surface area contributed by atoms with Gasteiger partial charge in [0, 0.05) is 56.4 Å². The van der Waals surface area contributed by atoms with E-state index in [9.17, 15) is 22.8 Å². The fraction of sp³-hybridized carbons (Fsp3) is 0.333. The van der Waals surface area contributed by atoms with E-state index in [0.29, 0.717) is 44.3 Å². The number of piperazine rings is 1. The summed E-state index contributed by atoms with van der Waals surface area (Å²) in [5.74, 6) is -4.57. The van der Waals surface area contributed by atoms with Gasteiger partial charge in [0.2, 0.25) is 11.9 Å². The molecule has 3 rings (SSSR count). The Hall–Kier alpha value is -3.37. The normalized spacial score (nSPS) is 15.0. The lowest BCUT2D eigenvalue weighted by Crippen LogP contribution is -2.55. The summed E-state index contributed by atoms with van der Waals surface area (Å²) in [5.41, 5.74) is -0.246. The molecule has 1 aliphatic rings. The van der Waals surface area contributed by atoms with Gasteiger partial charge in [-0.15, -0.1) is 0 Å². The average molecular weight is 408 g/mol. The predicted octanol–water partition coefficient (Wildman–Crippen LogP) is 1.75. The molecule has 29 heavy (non-hydrogen) atoms. The fourth-order valence-corrected chi connectivity index (χ4v) is 2.78. The maximum Gasteiger partial charge on any atom is 0.318 e. The summed E-state index contributed by atoms with van der Waals surface area (Å²) in [7, 11) is 0. The van der Waals surface area contributed by atoms with E-state index >= 15 is 0 Å². The van der Waals surface area contributed by atoms with Crippen LogP contribution in [0, 0.1) is 17.5 Å². The number of amides is 3. The number of urea groups is 1. The average Bonchev–Trinajstić information content (AvgIpc) is 2.72. The molecule has 8 nitrogen and oxygen atoms in total. The van der Waals surface area contributed by atoms with Crippen LogP contribution in [-0.2, 0) is 4.79 Å². The SMILES string of the molecule is CC(NC(=O)N1CCN(c2ncccn2)CC1)C(=O)Nc1cc(F)c(F)c(F)c1. The van der Waals surface area contributed by atoms with Crippen molar-refractivity contribution in [3.8, 4) is 0 Å². The van der Waals surface area contributed by atoms with Crippen molar-refractivity contribution < 1.29 is 22.8 Å². The van der Waals surface area contributed by atoms with Crippen molar-refractivity contribution in [2.75, 3.05) is 36.4 Å². The van der Waals surface area contributed by atoms with Crippen LogP contribution in [0.1, 0.15) is 6.92 Å². The van der Waals surface area contributed by atoms with Gasteiger partial charge in [-0.05, 0) is 13.0 Å². The van der Waals surface area contributed by atoms with Crippen LogP contribution in [0.15, 0.2) is 30.6 Å². The molecule has 1 atom stereocenters. The van der Waals surface area contributed by atoms with Gasteiger partial charge in [-0.25, -0.2) is 27.9 Å². The smallest absolute Gasteiger partial charge is 0.318 e. The van der Waals surface area contributed by atoms with Crippen molar-refractivity contribution in [1.82, 2.24) is 20.2 Å². The molecule has 1 saturated heterocycles. The summed E-state index contributed by atoms with van der Waals surface area (Å²) >= 11 is 0. The molecule has 0 bridgehead atoms. The molecular formula is C18H19F3N6O2. The topological polar surface area (TPSA) is 90.5 Å². The Balaban J connectivity index is 1.51. The zero-order valence-corrected chi connectivity index (χ0v) is 15.5. The first-order chi connectivity index (χ1) is 13.8. The molecule has 11 heteroatoms. The zero-order chi connectivity index (χ0) is 21.0. The molecule has 1 unspecified atom stereocenters. The van der Waals surface area contributed by atoms with Crippen LogP contribution in [0.25, 0.3) is 0 Å². The first-order valence-electron chi connectivity index (χ1n) is 8.88. The minimum Gasteiger partial charge on any atom is -0.337 e. The summed E-state index contributed by atoms with van der Waals surface area (Å²) < 4.78 is 39.5. The Morgan fingerprint density at radius 2 is 1.62 bits per heavy atom. The molecule has 2 heterocycles. The molecule has 0 saturated carbocycles. The molecule has 1 aliphatic heterocycles.